The number of amides is 2. The minimum atomic E-state index is -0.867. The number of carbonyl (C=O) groups is 2. The number of nitrogens with zero attached hydrogens (tertiary/aromatic N) is 1. The van der Waals surface area contributed by atoms with E-state index in [-0.39, 0.29) is 23.0 Å². The van der Waals surface area contributed by atoms with Crippen LogP contribution in [0.1, 0.15) is 23.0 Å². The predicted octanol–water partition coefficient (Wildman–Crippen LogP) is 1.96. The lowest BCUT2D eigenvalue weighted by Crippen LogP contribution is -2.46. The highest BCUT2D eigenvalue weighted by Crippen LogP contribution is 2.18. The topological polar surface area (TPSA) is 94.3 Å². The van der Waals surface area contributed by atoms with Gasteiger partial charge in [-0.15, -0.1) is 0 Å². The molecule has 24 heavy (non-hydrogen) atoms. The van der Waals surface area contributed by atoms with Gasteiger partial charge in [0.1, 0.15) is 6.04 Å². The first kappa shape index (κ1) is 17.7. The van der Waals surface area contributed by atoms with Crippen LogP contribution in [0.25, 0.3) is 0 Å². The summed E-state index contributed by atoms with van der Waals surface area (Å²) in [5.41, 5.74) is 6.26. The quantitative estimate of drug-likeness (QED) is 0.800. The zero-order valence-corrected chi connectivity index (χ0v) is 13.9. The number of hydrogen-bond acceptors (Lipinski definition) is 4. The van der Waals surface area contributed by atoms with Crippen LogP contribution >= 0.6 is 11.6 Å². The molecule has 1 aromatic heterocycles. The number of hydrogen-bond donors (Lipinski definition) is 2. The van der Waals surface area contributed by atoms with Crippen LogP contribution in [0.15, 0.2) is 42.5 Å². The zero-order valence-electron chi connectivity index (χ0n) is 13.2. The van der Waals surface area contributed by atoms with Gasteiger partial charge in [0.15, 0.2) is 5.69 Å². The summed E-state index contributed by atoms with van der Waals surface area (Å²) in [6.45, 7) is 2.21. The number of ether oxygens (including phenoxy) is 1. The Bertz CT molecular complexity index is 722. The second-order valence-corrected chi connectivity index (χ2v) is 5.44. The van der Waals surface area contributed by atoms with Crippen molar-refractivity contribution in [1.29, 1.82) is 0 Å². The Balaban J connectivity index is 2.16. The van der Waals surface area contributed by atoms with Gasteiger partial charge < -0.3 is 15.8 Å². The van der Waals surface area contributed by atoms with E-state index in [2.05, 4.69) is 10.3 Å². The summed E-state index contributed by atoms with van der Waals surface area (Å²) in [7, 11) is 0. The summed E-state index contributed by atoms with van der Waals surface area (Å²) in [5.74, 6) is -0.934. The van der Waals surface area contributed by atoms with E-state index >= 15 is 0 Å². The molecular formula is C17H18ClN3O3. The summed E-state index contributed by atoms with van der Waals surface area (Å²) >= 11 is 6.02. The second-order valence-electron chi connectivity index (χ2n) is 5.03. The Morgan fingerprint density at radius 3 is 2.58 bits per heavy atom. The molecule has 0 unspecified atom stereocenters. The second kappa shape index (κ2) is 8.31. The normalized spacial score (nSPS) is 11.6. The van der Waals surface area contributed by atoms with Gasteiger partial charge in [-0.3, -0.25) is 9.59 Å². The van der Waals surface area contributed by atoms with Crippen molar-refractivity contribution in [1.82, 2.24) is 10.3 Å². The summed E-state index contributed by atoms with van der Waals surface area (Å²) < 4.78 is 5.26. The van der Waals surface area contributed by atoms with Crippen LogP contribution in [-0.4, -0.2) is 29.4 Å². The number of aromatic nitrogens is 1. The van der Waals surface area contributed by atoms with E-state index in [4.69, 9.17) is 22.1 Å². The SMILES string of the molecule is CCOc1ccc(Cl)c(C(=O)N[C@@H](Cc2ccccc2)C(N)=O)n1. The molecule has 0 saturated heterocycles. The fraction of sp³-hybridized carbons (Fsp3) is 0.235. The van der Waals surface area contributed by atoms with Crippen LogP contribution in [0.2, 0.25) is 5.02 Å². The highest BCUT2D eigenvalue weighted by Gasteiger charge is 2.22. The Hall–Kier alpha value is -2.60. The average Bonchev–Trinajstić information content (AvgIpc) is 2.57. The highest BCUT2D eigenvalue weighted by molar-refractivity contribution is 6.33. The van der Waals surface area contributed by atoms with Crippen molar-refractivity contribution in [2.45, 2.75) is 19.4 Å². The maximum absolute atomic E-state index is 12.4. The van der Waals surface area contributed by atoms with Crippen LogP contribution in [-0.2, 0) is 11.2 Å². The third kappa shape index (κ3) is 4.70. The van der Waals surface area contributed by atoms with Gasteiger partial charge in [-0.1, -0.05) is 41.9 Å². The Labute approximate surface area is 145 Å². The number of nitrogens with one attached hydrogen (secondary N) is 1. The molecule has 1 heterocycles. The van der Waals surface area contributed by atoms with Gasteiger partial charge in [0.2, 0.25) is 11.8 Å². The largest absolute Gasteiger partial charge is 0.478 e. The smallest absolute Gasteiger partial charge is 0.272 e. The first-order valence-electron chi connectivity index (χ1n) is 7.44. The molecule has 0 aliphatic heterocycles. The maximum atomic E-state index is 12.4. The minimum Gasteiger partial charge on any atom is -0.478 e. The van der Waals surface area contributed by atoms with Crippen molar-refractivity contribution >= 4 is 23.4 Å². The summed E-state index contributed by atoms with van der Waals surface area (Å²) in [6, 6.07) is 11.5. The predicted molar refractivity (Wildman–Crippen MR) is 91.0 cm³/mol. The van der Waals surface area contributed by atoms with E-state index in [0.29, 0.717) is 6.61 Å². The maximum Gasteiger partial charge on any atom is 0.272 e. The van der Waals surface area contributed by atoms with Crippen molar-refractivity contribution < 1.29 is 14.3 Å². The van der Waals surface area contributed by atoms with Gasteiger partial charge in [-0.05, 0) is 18.6 Å². The molecule has 1 atom stereocenters. The molecule has 2 rings (SSSR count). The Kier molecular flexibility index (Phi) is 6.14. The standard InChI is InChI=1S/C17H18ClN3O3/c1-2-24-14-9-8-12(18)15(21-14)17(23)20-13(16(19)22)10-11-6-4-3-5-7-11/h3-9,13H,2,10H2,1H3,(H2,19,22)(H,20,23)/t13-/m0/s1. The van der Waals surface area contributed by atoms with Crippen LogP contribution in [0, 0.1) is 0 Å². The lowest BCUT2D eigenvalue weighted by atomic mass is 10.1. The monoisotopic (exact) mass is 347 g/mol. The summed E-state index contributed by atoms with van der Waals surface area (Å²) in [6.07, 6.45) is 0.282. The Morgan fingerprint density at radius 1 is 1.25 bits per heavy atom. The van der Waals surface area contributed by atoms with E-state index in [9.17, 15) is 9.59 Å². The lowest BCUT2D eigenvalue weighted by Gasteiger charge is -2.16. The van der Waals surface area contributed by atoms with Gasteiger partial charge >= 0.3 is 0 Å². The van der Waals surface area contributed by atoms with Gasteiger partial charge in [0, 0.05) is 12.5 Å². The van der Waals surface area contributed by atoms with E-state index < -0.39 is 17.9 Å². The van der Waals surface area contributed by atoms with Crippen molar-refractivity contribution in [2.75, 3.05) is 6.61 Å². The van der Waals surface area contributed by atoms with Gasteiger partial charge in [-0.25, -0.2) is 4.98 Å². The van der Waals surface area contributed by atoms with E-state index in [1.54, 1.807) is 13.0 Å². The highest BCUT2D eigenvalue weighted by atomic mass is 35.5. The number of carbonyl (C=O) groups excluding carboxylic acids is 2. The molecule has 0 saturated carbocycles. The van der Waals surface area contributed by atoms with E-state index in [1.807, 2.05) is 30.3 Å². The van der Waals surface area contributed by atoms with Gasteiger partial charge in [0.05, 0.1) is 11.6 Å². The number of nitrogens with two attached hydrogens (primary N) is 1. The average molecular weight is 348 g/mol. The van der Waals surface area contributed by atoms with Crippen molar-refractivity contribution in [3.8, 4) is 5.88 Å². The van der Waals surface area contributed by atoms with Crippen LogP contribution in [0.4, 0.5) is 0 Å². The molecule has 126 valence electrons. The molecule has 0 spiro atoms. The molecule has 0 aliphatic carbocycles. The van der Waals surface area contributed by atoms with Gasteiger partial charge in [0.25, 0.3) is 5.91 Å². The molecule has 3 N–H and O–H groups in total. The molecular weight excluding hydrogens is 330 g/mol. The van der Waals surface area contributed by atoms with Gasteiger partial charge in [-0.2, -0.15) is 0 Å². The minimum absolute atomic E-state index is 0.0121. The number of pyridine rings is 1. The zero-order chi connectivity index (χ0) is 17.5. The number of halogens is 1. The molecule has 2 amide bonds. The number of benzene rings is 1. The molecule has 0 radical (unpaired) electrons. The fourth-order valence-corrected chi connectivity index (χ4v) is 2.30. The summed E-state index contributed by atoms with van der Waals surface area (Å²) in [4.78, 5) is 28.1. The van der Waals surface area contributed by atoms with Crippen molar-refractivity contribution in [2.24, 2.45) is 5.73 Å². The van der Waals surface area contributed by atoms with Crippen LogP contribution in [0.5, 0.6) is 5.88 Å². The van der Waals surface area contributed by atoms with Crippen LogP contribution in [0.3, 0.4) is 0 Å². The number of primary amides is 1. The molecule has 7 heteroatoms. The number of rotatable bonds is 7. The fourth-order valence-electron chi connectivity index (χ4n) is 2.11. The van der Waals surface area contributed by atoms with E-state index in [1.165, 1.54) is 6.07 Å². The summed E-state index contributed by atoms with van der Waals surface area (Å²) in [5, 5.41) is 2.74. The molecule has 0 bridgehead atoms. The molecule has 2 aromatic rings. The Morgan fingerprint density at radius 2 is 1.96 bits per heavy atom. The first-order valence-corrected chi connectivity index (χ1v) is 7.82. The lowest BCUT2D eigenvalue weighted by molar-refractivity contribution is -0.119. The molecule has 6 nitrogen and oxygen atoms in total. The van der Waals surface area contributed by atoms with Crippen LogP contribution < -0.4 is 15.8 Å². The third-order valence-corrected chi connectivity index (χ3v) is 3.56. The third-order valence-electron chi connectivity index (χ3n) is 3.26. The van der Waals surface area contributed by atoms with E-state index in [0.717, 1.165) is 5.56 Å². The first-order chi connectivity index (χ1) is 11.5. The molecule has 0 aliphatic rings. The van der Waals surface area contributed by atoms with Crippen molar-refractivity contribution in [3.05, 3.63) is 58.7 Å². The molecule has 0 fully saturated rings. The van der Waals surface area contributed by atoms with Crippen molar-refractivity contribution in [3.63, 3.8) is 0 Å². The molecule has 1 aromatic carbocycles.